The van der Waals surface area contributed by atoms with Gasteiger partial charge in [-0.15, -0.1) is 11.3 Å². The molecule has 0 spiro atoms. The standard InChI is InChI=1S/C19H19N3O3S/c1-3-14-15(16(20)23)21-17(26-14)13-6-4-5-12(11-13)7-8-19(25)9-10-22(2)18(19)24/h4-6,11,25H,3,9-10H2,1-2H3,(H2,20,23)/t19-/m0/s1. The fraction of sp³-hybridized carbons (Fsp3) is 0.316. The maximum atomic E-state index is 12.0. The van der Waals surface area contributed by atoms with Crippen molar-refractivity contribution in [1.82, 2.24) is 9.88 Å². The summed E-state index contributed by atoms with van der Waals surface area (Å²) in [4.78, 5) is 30.2. The van der Waals surface area contributed by atoms with Crippen LogP contribution >= 0.6 is 11.3 Å². The molecule has 3 N–H and O–H groups in total. The molecule has 1 aliphatic rings. The van der Waals surface area contributed by atoms with Crippen LogP contribution < -0.4 is 5.73 Å². The molecule has 0 unspecified atom stereocenters. The van der Waals surface area contributed by atoms with E-state index < -0.39 is 11.5 Å². The van der Waals surface area contributed by atoms with Gasteiger partial charge in [0, 0.05) is 36.0 Å². The second kappa shape index (κ2) is 6.90. The average Bonchev–Trinajstić information content (AvgIpc) is 3.18. The summed E-state index contributed by atoms with van der Waals surface area (Å²) in [6.07, 6.45) is 0.974. The molecule has 134 valence electrons. The summed E-state index contributed by atoms with van der Waals surface area (Å²) < 4.78 is 0. The molecule has 1 atom stereocenters. The number of aryl methyl sites for hydroxylation is 1. The third-order valence-electron chi connectivity index (χ3n) is 4.28. The predicted molar refractivity (Wildman–Crippen MR) is 99.5 cm³/mol. The number of amides is 2. The van der Waals surface area contributed by atoms with Crippen molar-refractivity contribution >= 4 is 23.2 Å². The van der Waals surface area contributed by atoms with Crippen LogP contribution in [0.4, 0.5) is 0 Å². The maximum Gasteiger partial charge on any atom is 0.268 e. The van der Waals surface area contributed by atoms with Gasteiger partial charge in [0.2, 0.25) is 5.60 Å². The van der Waals surface area contributed by atoms with E-state index in [9.17, 15) is 14.7 Å². The summed E-state index contributed by atoms with van der Waals surface area (Å²) in [6, 6.07) is 7.31. The molecule has 1 aliphatic heterocycles. The predicted octanol–water partition coefficient (Wildman–Crippen LogP) is 1.42. The van der Waals surface area contributed by atoms with Gasteiger partial charge in [-0.05, 0) is 18.6 Å². The van der Waals surface area contributed by atoms with Crippen molar-refractivity contribution in [3.8, 4) is 22.4 Å². The number of likely N-dealkylation sites (tertiary alicyclic amines) is 1. The second-order valence-electron chi connectivity index (χ2n) is 6.18. The molecular weight excluding hydrogens is 350 g/mol. The number of rotatable bonds is 3. The molecule has 6 nitrogen and oxygen atoms in total. The molecule has 0 saturated carbocycles. The van der Waals surface area contributed by atoms with Crippen LogP contribution in [-0.2, 0) is 11.2 Å². The third-order valence-corrected chi connectivity index (χ3v) is 5.53. The number of thiazole rings is 1. The topological polar surface area (TPSA) is 96.5 Å². The molecule has 0 radical (unpaired) electrons. The summed E-state index contributed by atoms with van der Waals surface area (Å²) in [5.74, 6) is 4.68. The molecule has 2 heterocycles. The van der Waals surface area contributed by atoms with Crippen molar-refractivity contribution < 1.29 is 14.7 Å². The first-order valence-electron chi connectivity index (χ1n) is 8.25. The maximum absolute atomic E-state index is 12.0. The molecule has 2 aromatic rings. The van der Waals surface area contributed by atoms with Gasteiger partial charge in [-0.25, -0.2) is 4.98 Å². The van der Waals surface area contributed by atoms with Gasteiger partial charge in [0.25, 0.3) is 11.8 Å². The lowest BCUT2D eigenvalue weighted by Gasteiger charge is -2.13. The first-order valence-corrected chi connectivity index (χ1v) is 9.07. The normalized spacial score (nSPS) is 19.3. The van der Waals surface area contributed by atoms with Crippen LogP contribution in [0.3, 0.4) is 0 Å². The van der Waals surface area contributed by atoms with E-state index in [1.165, 1.54) is 16.2 Å². The van der Waals surface area contributed by atoms with E-state index in [1.54, 1.807) is 13.1 Å². The highest BCUT2D eigenvalue weighted by Gasteiger charge is 2.42. The van der Waals surface area contributed by atoms with E-state index >= 15 is 0 Å². The van der Waals surface area contributed by atoms with Gasteiger partial charge in [-0.1, -0.05) is 30.9 Å². The number of hydrogen-bond donors (Lipinski definition) is 2. The zero-order valence-corrected chi connectivity index (χ0v) is 15.4. The van der Waals surface area contributed by atoms with Crippen LogP contribution in [0, 0.1) is 11.8 Å². The highest BCUT2D eigenvalue weighted by Crippen LogP contribution is 2.29. The fourth-order valence-electron chi connectivity index (χ4n) is 2.78. The number of aliphatic hydroxyl groups is 1. The van der Waals surface area contributed by atoms with Crippen molar-refractivity contribution in [1.29, 1.82) is 0 Å². The molecule has 7 heteroatoms. The highest BCUT2D eigenvalue weighted by molar-refractivity contribution is 7.15. The monoisotopic (exact) mass is 369 g/mol. The quantitative estimate of drug-likeness (QED) is 0.800. The highest BCUT2D eigenvalue weighted by atomic mass is 32.1. The molecule has 1 fully saturated rings. The third kappa shape index (κ3) is 3.34. The Labute approximate surface area is 155 Å². The lowest BCUT2D eigenvalue weighted by atomic mass is 10.0. The number of aromatic nitrogens is 1. The first-order chi connectivity index (χ1) is 12.3. The minimum Gasteiger partial charge on any atom is -0.369 e. The Balaban J connectivity index is 1.92. The van der Waals surface area contributed by atoms with E-state index in [1.807, 2.05) is 25.1 Å². The fourth-order valence-corrected chi connectivity index (χ4v) is 3.78. The van der Waals surface area contributed by atoms with Crippen molar-refractivity contribution in [2.24, 2.45) is 5.73 Å². The molecular formula is C19H19N3O3S. The molecule has 0 bridgehead atoms. The Kier molecular flexibility index (Phi) is 4.81. The summed E-state index contributed by atoms with van der Waals surface area (Å²) in [6.45, 7) is 2.43. The van der Waals surface area contributed by atoms with E-state index in [-0.39, 0.29) is 5.91 Å². The molecule has 3 rings (SSSR count). The Bertz CT molecular complexity index is 941. The SMILES string of the molecule is CCc1sc(-c2cccc(C#C[C@]3(O)CCN(C)C3=O)c2)nc1C(N)=O. The minimum atomic E-state index is -1.62. The van der Waals surface area contributed by atoms with Gasteiger partial charge in [0.15, 0.2) is 0 Å². The molecule has 1 aromatic heterocycles. The number of hydrogen-bond acceptors (Lipinski definition) is 5. The largest absolute Gasteiger partial charge is 0.369 e. The molecule has 1 saturated heterocycles. The zero-order valence-electron chi connectivity index (χ0n) is 14.6. The Morgan fingerprint density at radius 2 is 2.27 bits per heavy atom. The number of nitrogens with zero attached hydrogens (tertiary/aromatic N) is 2. The summed E-state index contributed by atoms with van der Waals surface area (Å²) >= 11 is 1.42. The lowest BCUT2D eigenvalue weighted by molar-refractivity contribution is -0.137. The lowest BCUT2D eigenvalue weighted by Crippen LogP contribution is -2.37. The Morgan fingerprint density at radius 1 is 1.50 bits per heavy atom. The van der Waals surface area contributed by atoms with Gasteiger partial charge in [-0.2, -0.15) is 0 Å². The van der Waals surface area contributed by atoms with Gasteiger partial charge in [0.1, 0.15) is 10.7 Å². The summed E-state index contributed by atoms with van der Waals surface area (Å²) in [5, 5.41) is 11.1. The van der Waals surface area contributed by atoms with Gasteiger partial charge >= 0.3 is 0 Å². The van der Waals surface area contributed by atoms with Crippen molar-refractivity contribution in [3.63, 3.8) is 0 Å². The second-order valence-corrected chi connectivity index (χ2v) is 7.26. The van der Waals surface area contributed by atoms with E-state index in [0.717, 1.165) is 10.4 Å². The van der Waals surface area contributed by atoms with Crippen LogP contribution in [0.1, 0.15) is 34.3 Å². The van der Waals surface area contributed by atoms with Crippen LogP contribution in [0.15, 0.2) is 24.3 Å². The minimum absolute atomic E-state index is 0.295. The van der Waals surface area contributed by atoms with Gasteiger partial charge in [0.05, 0.1) is 0 Å². The smallest absolute Gasteiger partial charge is 0.268 e. The van der Waals surface area contributed by atoms with E-state index in [2.05, 4.69) is 16.8 Å². The number of carbonyl (C=O) groups is 2. The summed E-state index contributed by atoms with van der Waals surface area (Å²) in [5.41, 5.74) is 5.54. The first kappa shape index (κ1) is 18.1. The molecule has 2 amide bonds. The number of nitrogens with two attached hydrogens (primary N) is 1. The average molecular weight is 369 g/mol. The summed E-state index contributed by atoms with van der Waals surface area (Å²) in [7, 11) is 1.65. The Hall–Kier alpha value is -2.69. The van der Waals surface area contributed by atoms with Crippen LogP contribution in [0.25, 0.3) is 10.6 Å². The van der Waals surface area contributed by atoms with Crippen LogP contribution in [-0.4, -0.2) is 46.0 Å². The number of likely N-dealkylation sites (N-methyl/N-ethyl adjacent to an activating group) is 1. The van der Waals surface area contributed by atoms with Crippen molar-refractivity contribution in [2.45, 2.75) is 25.4 Å². The van der Waals surface area contributed by atoms with Crippen LogP contribution in [0.2, 0.25) is 0 Å². The van der Waals surface area contributed by atoms with E-state index in [4.69, 9.17) is 5.73 Å². The van der Waals surface area contributed by atoms with Crippen LogP contribution in [0.5, 0.6) is 0 Å². The molecule has 26 heavy (non-hydrogen) atoms. The van der Waals surface area contributed by atoms with Crippen molar-refractivity contribution in [3.05, 3.63) is 40.4 Å². The molecule has 0 aliphatic carbocycles. The number of primary amides is 1. The van der Waals surface area contributed by atoms with Gasteiger partial charge in [-0.3, -0.25) is 9.59 Å². The number of carbonyl (C=O) groups excluding carboxylic acids is 2. The molecule has 1 aromatic carbocycles. The zero-order chi connectivity index (χ0) is 18.9. The Morgan fingerprint density at radius 3 is 2.85 bits per heavy atom. The van der Waals surface area contributed by atoms with E-state index in [0.29, 0.717) is 35.7 Å². The van der Waals surface area contributed by atoms with Gasteiger partial charge < -0.3 is 15.7 Å². The van der Waals surface area contributed by atoms with Crippen molar-refractivity contribution in [2.75, 3.05) is 13.6 Å². The number of benzene rings is 1.